The van der Waals surface area contributed by atoms with Crippen LogP contribution in [-0.2, 0) is 30.5 Å². The molecule has 57 heavy (non-hydrogen) atoms. The number of aliphatic hydroxyl groups excluding tert-OH is 3. The summed E-state index contributed by atoms with van der Waals surface area (Å²) in [5, 5.41) is 47.0. The van der Waals surface area contributed by atoms with Gasteiger partial charge in [0.2, 0.25) is 12.2 Å². The molecule has 0 bridgehead atoms. The van der Waals surface area contributed by atoms with Crippen molar-refractivity contribution in [2.75, 3.05) is 41.6 Å². The van der Waals surface area contributed by atoms with Gasteiger partial charge >= 0.3 is 12.1 Å². The number of nitrogens with two attached hydrogens (primary N) is 1. The molecule has 16 nitrogen and oxygen atoms in total. The van der Waals surface area contributed by atoms with Gasteiger partial charge in [0.25, 0.3) is 5.91 Å². The SMILES string of the molecule is COc1ccc(/C=C/C(=O)N2CC(CCl)c3c2cc(NC(=O)OCc2ccc(O[C@@H]4O[C@H](C(=O)O)[C@@H](O)[C@H](O)[C@H]4O)c(NC(=O)CCN)c2)c2ccccc32)cc1. The zero-order chi connectivity index (χ0) is 40.8. The van der Waals surface area contributed by atoms with E-state index < -0.39 is 48.7 Å². The van der Waals surface area contributed by atoms with E-state index in [1.165, 1.54) is 24.3 Å². The Bertz CT molecular complexity index is 2170. The first kappa shape index (κ1) is 40.9. The average Bonchev–Trinajstić information content (AvgIpc) is 3.59. The van der Waals surface area contributed by atoms with E-state index in [1.807, 2.05) is 36.4 Å². The van der Waals surface area contributed by atoms with Crippen LogP contribution in [0.1, 0.15) is 29.0 Å². The summed E-state index contributed by atoms with van der Waals surface area (Å²) in [5.74, 6) is -1.68. The van der Waals surface area contributed by atoms with E-state index >= 15 is 0 Å². The van der Waals surface area contributed by atoms with E-state index in [0.29, 0.717) is 34.6 Å². The van der Waals surface area contributed by atoms with Crippen LogP contribution in [0.15, 0.2) is 78.9 Å². The topological polar surface area (TPSA) is 239 Å². The number of benzene rings is 4. The molecule has 300 valence electrons. The molecule has 4 aromatic carbocycles. The lowest BCUT2D eigenvalue weighted by Crippen LogP contribution is -2.61. The lowest BCUT2D eigenvalue weighted by atomic mass is 9.95. The summed E-state index contributed by atoms with van der Waals surface area (Å²) >= 11 is 6.43. The predicted molar refractivity (Wildman–Crippen MR) is 209 cm³/mol. The van der Waals surface area contributed by atoms with Gasteiger partial charge in [-0.1, -0.05) is 42.5 Å². The van der Waals surface area contributed by atoms with E-state index in [4.69, 9.17) is 36.3 Å². The second-order valence-corrected chi connectivity index (χ2v) is 13.6. The molecular formula is C40H41ClN4O12. The number of fused-ring (bicyclic) bond motifs is 3. The standard InChI is InChI=1S/C40H41ClN4O12/c1-54-24-10-6-21(7-11-24)9-13-32(47)45-19-23(18-41)33-26-5-3-2-4-25(26)27(17-29(33)45)44-40(53)55-20-22-8-12-30(28(16-22)43-31(46)14-15-42)56-39-36(50)34(48)35(49)37(57-39)38(51)52/h2-13,16-17,23,34-37,39,48-50H,14-15,18-20,42H2,1H3,(H,43,46)(H,44,53)(H,51,52)/b13-9+/t23?,34-,35-,36+,37-,39+/m0/s1. The number of nitrogens with one attached hydrogen (secondary N) is 2. The zero-order valence-corrected chi connectivity index (χ0v) is 31.3. The molecule has 1 saturated heterocycles. The first-order valence-corrected chi connectivity index (χ1v) is 18.4. The maximum atomic E-state index is 13.6. The molecule has 0 aliphatic carbocycles. The molecule has 4 aromatic rings. The Morgan fingerprint density at radius 1 is 0.947 bits per heavy atom. The van der Waals surface area contributed by atoms with Crippen molar-refractivity contribution >= 4 is 69.4 Å². The number of anilines is 3. The summed E-state index contributed by atoms with van der Waals surface area (Å²) in [7, 11) is 1.57. The van der Waals surface area contributed by atoms with E-state index in [1.54, 1.807) is 36.3 Å². The van der Waals surface area contributed by atoms with Crippen LogP contribution < -0.4 is 30.7 Å². The Balaban J connectivity index is 1.21. The third kappa shape index (κ3) is 9.12. The first-order valence-electron chi connectivity index (χ1n) is 17.8. The molecule has 6 rings (SSSR count). The van der Waals surface area contributed by atoms with Gasteiger partial charge < -0.3 is 55.3 Å². The highest BCUT2D eigenvalue weighted by Crippen LogP contribution is 2.45. The fourth-order valence-corrected chi connectivity index (χ4v) is 6.89. The number of aliphatic hydroxyl groups is 3. The summed E-state index contributed by atoms with van der Waals surface area (Å²) < 4.78 is 21.7. The van der Waals surface area contributed by atoms with E-state index in [2.05, 4.69) is 10.6 Å². The Labute approximate surface area is 331 Å². The van der Waals surface area contributed by atoms with Gasteiger partial charge in [-0.05, 0) is 58.5 Å². The number of aliphatic carboxylic acids is 1. The summed E-state index contributed by atoms with van der Waals surface area (Å²) in [6, 6.07) is 20.7. The van der Waals surface area contributed by atoms with Crippen molar-refractivity contribution in [2.24, 2.45) is 5.73 Å². The highest BCUT2D eigenvalue weighted by molar-refractivity contribution is 6.19. The third-order valence-corrected chi connectivity index (χ3v) is 9.88. The molecule has 0 saturated carbocycles. The highest BCUT2D eigenvalue weighted by atomic mass is 35.5. The molecular weight excluding hydrogens is 764 g/mol. The molecule has 2 aliphatic heterocycles. The van der Waals surface area contributed by atoms with Crippen LogP contribution in [-0.4, -0.2) is 101 Å². The van der Waals surface area contributed by atoms with Crippen molar-refractivity contribution in [2.45, 2.75) is 49.7 Å². The molecule has 0 spiro atoms. The van der Waals surface area contributed by atoms with Crippen LogP contribution >= 0.6 is 11.6 Å². The average molecular weight is 805 g/mol. The summed E-state index contributed by atoms with van der Waals surface area (Å²) in [6.45, 7) is 0.0648. The Morgan fingerprint density at radius 2 is 1.68 bits per heavy atom. The Kier molecular flexibility index (Phi) is 12.9. The fourth-order valence-electron chi connectivity index (χ4n) is 6.64. The maximum Gasteiger partial charge on any atom is 0.411 e. The Hall–Kier alpha value is -5.75. The van der Waals surface area contributed by atoms with Gasteiger partial charge in [-0.2, -0.15) is 0 Å². The minimum Gasteiger partial charge on any atom is -0.497 e. The number of ether oxygens (including phenoxy) is 4. The highest BCUT2D eigenvalue weighted by Gasteiger charge is 2.48. The maximum absolute atomic E-state index is 13.6. The fraction of sp³-hybridized carbons (Fsp3) is 0.300. The summed E-state index contributed by atoms with van der Waals surface area (Å²) in [5.41, 5.74) is 8.61. The molecule has 2 aliphatic rings. The number of alkyl halides is 1. The lowest BCUT2D eigenvalue weighted by molar-refractivity contribution is -0.271. The minimum atomic E-state index is -1.93. The molecule has 3 amide bonds. The summed E-state index contributed by atoms with van der Waals surface area (Å²) in [4.78, 5) is 52.7. The van der Waals surface area contributed by atoms with Crippen molar-refractivity contribution in [1.82, 2.24) is 0 Å². The van der Waals surface area contributed by atoms with Crippen molar-refractivity contribution < 1.29 is 58.6 Å². The van der Waals surface area contributed by atoms with Crippen LogP contribution in [0.4, 0.5) is 21.9 Å². The van der Waals surface area contributed by atoms with Gasteiger partial charge in [0.05, 0.1) is 24.2 Å². The quantitative estimate of drug-likeness (QED) is 0.0757. The van der Waals surface area contributed by atoms with Gasteiger partial charge in [0.15, 0.2) is 6.10 Å². The largest absolute Gasteiger partial charge is 0.497 e. The number of halogens is 1. The molecule has 2 heterocycles. The molecule has 17 heteroatoms. The van der Waals surface area contributed by atoms with Crippen LogP contribution in [0.2, 0.25) is 0 Å². The zero-order valence-electron chi connectivity index (χ0n) is 30.5. The number of methoxy groups -OCH3 is 1. The van der Waals surface area contributed by atoms with Crippen LogP contribution in [0, 0.1) is 0 Å². The molecule has 6 atom stereocenters. The van der Waals surface area contributed by atoms with Gasteiger partial charge in [-0.3, -0.25) is 14.9 Å². The van der Waals surface area contributed by atoms with Crippen LogP contribution in [0.25, 0.3) is 16.8 Å². The van der Waals surface area contributed by atoms with Gasteiger partial charge in [-0.15, -0.1) is 11.6 Å². The summed E-state index contributed by atoms with van der Waals surface area (Å²) in [6.07, 6.45) is -7.08. The molecule has 1 unspecified atom stereocenters. The second kappa shape index (κ2) is 18.0. The number of carboxylic acid groups (broad SMARTS) is 1. The van der Waals surface area contributed by atoms with Crippen molar-refractivity contribution in [3.05, 3.63) is 95.6 Å². The number of hydrogen-bond acceptors (Lipinski definition) is 12. The van der Waals surface area contributed by atoms with Crippen molar-refractivity contribution in [3.8, 4) is 11.5 Å². The van der Waals surface area contributed by atoms with E-state index in [9.17, 15) is 39.6 Å². The smallest absolute Gasteiger partial charge is 0.411 e. The molecule has 8 N–H and O–H groups in total. The number of carbonyl (C=O) groups is 4. The molecule has 0 aromatic heterocycles. The number of amides is 3. The Morgan fingerprint density at radius 3 is 2.37 bits per heavy atom. The molecule has 1 fully saturated rings. The number of carbonyl (C=O) groups excluding carboxylic acids is 3. The lowest BCUT2D eigenvalue weighted by Gasteiger charge is -2.38. The van der Waals surface area contributed by atoms with Crippen molar-refractivity contribution in [3.63, 3.8) is 0 Å². The second-order valence-electron chi connectivity index (χ2n) is 13.3. The number of rotatable bonds is 13. The number of hydrogen-bond donors (Lipinski definition) is 7. The normalized spacial score (nSPS) is 21.5. The van der Waals surface area contributed by atoms with E-state index in [-0.39, 0.29) is 48.7 Å². The third-order valence-electron chi connectivity index (χ3n) is 9.51. The first-order chi connectivity index (χ1) is 27.4. The van der Waals surface area contributed by atoms with E-state index in [0.717, 1.165) is 16.5 Å². The monoisotopic (exact) mass is 804 g/mol. The number of nitrogens with zero attached hydrogens (tertiary/aromatic N) is 1. The van der Waals surface area contributed by atoms with Gasteiger partial charge in [-0.25, -0.2) is 9.59 Å². The van der Waals surface area contributed by atoms with Crippen molar-refractivity contribution in [1.29, 1.82) is 0 Å². The van der Waals surface area contributed by atoms with Crippen LogP contribution in [0.5, 0.6) is 11.5 Å². The number of carboxylic acids is 1. The van der Waals surface area contributed by atoms with Gasteiger partial charge in [0.1, 0.15) is 36.4 Å². The molecule has 0 radical (unpaired) electrons. The minimum absolute atomic E-state index is 0.0239. The van der Waals surface area contributed by atoms with Gasteiger partial charge in [0, 0.05) is 42.8 Å². The predicted octanol–water partition coefficient (Wildman–Crippen LogP) is 3.54. The van der Waals surface area contributed by atoms with Crippen LogP contribution in [0.3, 0.4) is 0 Å².